The van der Waals surface area contributed by atoms with Crippen LogP contribution in [0.2, 0.25) is 0 Å². The van der Waals surface area contributed by atoms with Gasteiger partial charge in [0.2, 0.25) is 0 Å². The third-order valence-corrected chi connectivity index (χ3v) is 4.23. The van der Waals surface area contributed by atoms with Crippen molar-refractivity contribution >= 4 is 11.9 Å². The molecular weight excluding hydrogens is 300 g/mol. The van der Waals surface area contributed by atoms with Crippen molar-refractivity contribution in [2.45, 2.75) is 44.6 Å². The van der Waals surface area contributed by atoms with Gasteiger partial charge in [-0.25, -0.2) is 15.0 Å². The van der Waals surface area contributed by atoms with Gasteiger partial charge in [-0.3, -0.25) is 0 Å². The number of rotatable bonds is 7. The number of fused-ring (bicyclic) bond motifs is 1. The minimum atomic E-state index is -0.427. The molecule has 0 saturated heterocycles. The molecular formula is C19H24N4O. The molecule has 3 heterocycles. The van der Waals surface area contributed by atoms with Gasteiger partial charge in [-0.15, -0.1) is 0 Å². The van der Waals surface area contributed by atoms with Gasteiger partial charge in [0.1, 0.15) is 12.1 Å². The van der Waals surface area contributed by atoms with Crippen LogP contribution in [0.15, 0.2) is 36.9 Å². The maximum Gasteiger partial charge on any atom is 0.129 e. The van der Waals surface area contributed by atoms with Gasteiger partial charge < -0.3 is 10.4 Å². The lowest BCUT2D eigenvalue weighted by molar-refractivity contribution is 0.209. The summed E-state index contributed by atoms with van der Waals surface area (Å²) < 4.78 is 0. The van der Waals surface area contributed by atoms with E-state index in [0.717, 1.165) is 55.7 Å². The van der Waals surface area contributed by atoms with E-state index in [2.05, 4.69) is 27.4 Å². The highest BCUT2D eigenvalue weighted by molar-refractivity contribution is 5.47. The number of hydrogen-bond donors (Lipinski definition) is 2. The molecule has 0 saturated carbocycles. The van der Waals surface area contributed by atoms with Gasteiger partial charge in [-0.1, -0.05) is 24.6 Å². The highest BCUT2D eigenvalue weighted by Gasteiger charge is 2.10. The molecule has 1 aliphatic heterocycles. The second-order valence-corrected chi connectivity index (χ2v) is 6.18. The van der Waals surface area contributed by atoms with Gasteiger partial charge in [-0.05, 0) is 43.7 Å². The molecule has 5 heteroatoms. The Morgan fingerprint density at radius 1 is 1.21 bits per heavy atom. The summed E-state index contributed by atoms with van der Waals surface area (Å²) in [6, 6.07) is 4.33. The Kier molecular flexibility index (Phi) is 5.90. The predicted octanol–water partition coefficient (Wildman–Crippen LogP) is 3.02. The minimum absolute atomic E-state index is 0.427. The molecule has 1 unspecified atom stereocenters. The van der Waals surface area contributed by atoms with E-state index in [1.807, 2.05) is 6.08 Å². The molecule has 0 aromatic carbocycles. The Hall–Kier alpha value is -2.27. The number of pyridine rings is 1. The molecule has 24 heavy (non-hydrogen) atoms. The molecule has 0 radical (unpaired) electrons. The zero-order valence-electron chi connectivity index (χ0n) is 13.9. The van der Waals surface area contributed by atoms with Crippen molar-refractivity contribution in [2.75, 3.05) is 11.9 Å². The largest absolute Gasteiger partial charge is 0.389 e. The van der Waals surface area contributed by atoms with Crippen molar-refractivity contribution in [3.63, 3.8) is 0 Å². The molecule has 5 nitrogen and oxygen atoms in total. The van der Waals surface area contributed by atoms with E-state index in [1.54, 1.807) is 18.5 Å². The van der Waals surface area contributed by atoms with Crippen molar-refractivity contribution in [3.8, 4) is 0 Å². The van der Waals surface area contributed by atoms with E-state index in [4.69, 9.17) is 4.98 Å². The fraction of sp³-hybridized carbons (Fsp3) is 0.421. The lowest BCUT2D eigenvalue weighted by atomic mass is 10.0. The number of aliphatic hydroxyl groups excluding tert-OH is 1. The van der Waals surface area contributed by atoms with Crippen molar-refractivity contribution in [2.24, 2.45) is 0 Å². The van der Waals surface area contributed by atoms with Crippen LogP contribution in [-0.4, -0.2) is 32.7 Å². The summed E-state index contributed by atoms with van der Waals surface area (Å²) in [5.41, 5.74) is 3.37. The molecule has 126 valence electrons. The first-order chi connectivity index (χ1) is 11.8. The van der Waals surface area contributed by atoms with Gasteiger partial charge in [0, 0.05) is 30.2 Å². The maximum atomic E-state index is 10.0. The lowest BCUT2D eigenvalue weighted by Gasteiger charge is -2.17. The smallest absolute Gasteiger partial charge is 0.129 e. The molecule has 0 spiro atoms. The van der Waals surface area contributed by atoms with Crippen LogP contribution >= 0.6 is 0 Å². The van der Waals surface area contributed by atoms with E-state index in [-0.39, 0.29) is 0 Å². The van der Waals surface area contributed by atoms with Crippen LogP contribution in [0.4, 0.5) is 5.82 Å². The van der Waals surface area contributed by atoms with Crippen molar-refractivity contribution in [1.29, 1.82) is 0 Å². The summed E-state index contributed by atoms with van der Waals surface area (Å²) in [6.07, 6.45) is 14.2. The van der Waals surface area contributed by atoms with E-state index in [1.165, 1.54) is 18.3 Å². The molecule has 1 aliphatic rings. The Morgan fingerprint density at radius 2 is 2.08 bits per heavy atom. The number of aromatic nitrogens is 3. The number of anilines is 1. The molecule has 2 N–H and O–H groups in total. The SMILES string of the molecule is OC(C=Cc1cncnc1)CCCCc1ccc2c(n1)NCCC2. The Labute approximate surface area is 142 Å². The molecule has 0 aliphatic carbocycles. The molecule has 1 atom stereocenters. The van der Waals surface area contributed by atoms with Crippen LogP contribution in [0.25, 0.3) is 6.08 Å². The monoisotopic (exact) mass is 324 g/mol. The van der Waals surface area contributed by atoms with E-state index in [9.17, 15) is 5.11 Å². The average Bonchev–Trinajstić information content (AvgIpc) is 2.64. The van der Waals surface area contributed by atoms with Gasteiger partial charge in [0.05, 0.1) is 6.10 Å². The zero-order valence-corrected chi connectivity index (χ0v) is 13.9. The first-order valence-electron chi connectivity index (χ1n) is 8.65. The molecule has 2 aromatic heterocycles. The van der Waals surface area contributed by atoms with Crippen LogP contribution in [0.5, 0.6) is 0 Å². The topological polar surface area (TPSA) is 70.9 Å². The molecule has 3 rings (SSSR count). The van der Waals surface area contributed by atoms with E-state index in [0.29, 0.717) is 0 Å². The van der Waals surface area contributed by atoms with Crippen molar-refractivity contribution < 1.29 is 5.11 Å². The summed E-state index contributed by atoms with van der Waals surface area (Å²) in [7, 11) is 0. The van der Waals surface area contributed by atoms with Crippen LogP contribution < -0.4 is 5.32 Å². The normalized spacial score (nSPS) is 15.0. The highest BCUT2D eigenvalue weighted by Crippen LogP contribution is 2.20. The molecule has 0 amide bonds. The Morgan fingerprint density at radius 3 is 2.96 bits per heavy atom. The molecule has 0 fully saturated rings. The maximum absolute atomic E-state index is 10.0. The number of unbranched alkanes of at least 4 members (excludes halogenated alkanes) is 1. The summed E-state index contributed by atoms with van der Waals surface area (Å²) in [5.74, 6) is 1.06. The first-order valence-corrected chi connectivity index (χ1v) is 8.65. The number of hydrogen-bond acceptors (Lipinski definition) is 5. The zero-order chi connectivity index (χ0) is 16.6. The van der Waals surface area contributed by atoms with Crippen LogP contribution in [0.1, 0.15) is 42.5 Å². The second kappa shape index (κ2) is 8.55. The molecule has 0 bridgehead atoms. The first kappa shape index (κ1) is 16.6. The van der Waals surface area contributed by atoms with Crippen LogP contribution in [0, 0.1) is 0 Å². The van der Waals surface area contributed by atoms with Crippen molar-refractivity contribution in [1.82, 2.24) is 15.0 Å². The van der Waals surface area contributed by atoms with Gasteiger partial charge in [-0.2, -0.15) is 0 Å². The minimum Gasteiger partial charge on any atom is -0.389 e. The van der Waals surface area contributed by atoms with Gasteiger partial charge >= 0.3 is 0 Å². The quantitative estimate of drug-likeness (QED) is 0.766. The summed E-state index contributed by atoms with van der Waals surface area (Å²) in [4.78, 5) is 12.6. The lowest BCUT2D eigenvalue weighted by Crippen LogP contribution is -2.14. The third kappa shape index (κ3) is 4.86. The van der Waals surface area contributed by atoms with Gasteiger partial charge in [0.15, 0.2) is 0 Å². The Balaban J connectivity index is 1.40. The summed E-state index contributed by atoms with van der Waals surface area (Å²) in [6.45, 7) is 1.02. The number of nitrogens with zero attached hydrogens (tertiary/aromatic N) is 3. The van der Waals surface area contributed by atoms with Crippen molar-refractivity contribution in [3.05, 3.63) is 53.8 Å². The van der Waals surface area contributed by atoms with Crippen LogP contribution in [0.3, 0.4) is 0 Å². The number of aliphatic hydroxyl groups is 1. The van der Waals surface area contributed by atoms with E-state index >= 15 is 0 Å². The van der Waals surface area contributed by atoms with E-state index < -0.39 is 6.10 Å². The second-order valence-electron chi connectivity index (χ2n) is 6.18. The standard InChI is InChI=1S/C19H24N4O/c24-18(10-7-15-12-20-14-21-13-15)6-2-1-5-17-9-8-16-4-3-11-22-19(16)23-17/h7-10,12-14,18,24H,1-6,11H2,(H,22,23). The molecule has 2 aromatic rings. The Bertz CT molecular complexity index is 672. The fourth-order valence-electron chi connectivity index (χ4n) is 2.88. The fourth-order valence-corrected chi connectivity index (χ4v) is 2.88. The summed E-state index contributed by atoms with van der Waals surface area (Å²) >= 11 is 0. The number of nitrogens with one attached hydrogen (secondary N) is 1. The van der Waals surface area contributed by atoms with Gasteiger partial charge in [0.25, 0.3) is 0 Å². The number of aryl methyl sites for hydroxylation is 2. The summed E-state index contributed by atoms with van der Waals surface area (Å²) in [5, 5.41) is 13.4. The third-order valence-electron chi connectivity index (χ3n) is 4.23. The predicted molar refractivity (Wildman–Crippen MR) is 95.7 cm³/mol. The van der Waals surface area contributed by atoms with Crippen LogP contribution in [-0.2, 0) is 12.8 Å². The highest BCUT2D eigenvalue weighted by atomic mass is 16.3. The average molecular weight is 324 g/mol.